The number of aliphatic hydroxyl groups is 1. The summed E-state index contributed by atoms with van der Waals surface area (Å²) in [5.41, 5.74) is 3.02. The number of rotatable bonds is 7. The summed E-state index contributed by atoms with van der Waals surface area (Å²) in [5.74, 6) is -0.0128. The Labute approximate surface area is 203 Å². The Bertz CT molecular complexity index is 1070. The van der Waals surface area contributed by atoms with E-state index in [9.17, 15) is 18.0 Å². The number of carbonyl (C=O) groups is 1. The highest BCUT2D eigenvalue weighted by Crippen LogP contribution is 2.29. The first-order chi connectivity index (χ1) is 16.8. The number of anilines is 1. The minimum atomic E-state index is -4.31. The molecule has 4 rings (SSSR count). The average molecular weight is 486 g/mol. The molecule has 0 aliphatic carbocycles. The zero-order valence-corrected chi connectivity index (χ0v) is 19.6. The normalized spacial score (nSPS) is 14.0. The van der Waals surface area contributed by atoms with Gasteiger partial charge in [-0.2, -0.15) is 13.2 Å². The molecule has 35 heavy (non-hydrogen) atoms. The van der Waals surface area contributed by atoms with Crippen LogP contribution in [0.1, 0.15) is 29.2 Å². The molecule has 3 aromatic rings. The summed E-state index contributed by atoms with van der Waals surface area (Å²) in [7, 11) is 0. The number of alkyl halides is 3. The third-order valence-corrected chi connectivity index (χ3v) is 5.64. The number of hydrogen-bond donors (Lipinski definition) is 2. The first-order valence-electron chi connectivity index (χ1n) is 11.6. The van der Waals surface area contributed by atoms with Crippen molar-refractivity contribution in [1.29, 1.82) is 0 Å². The van der Waals surface area contributed by atoms with Crippen molar-refractivity contribution in [2.24, 2.45) is 5.92 Å². The molecule has 186 valence electrons. The van der Waals surface area contributed by atoms with Crippen LogP contribution >= 0.6 is 0 Å². The number of likely N-dealkylation sites (tertiary alicyclic amines) is 1. The van der Waals surface area contributed by atoms with Gasteiger partial charge in [-0.05, 0) is 54.7 Å². The van der Waals surface area contributed by atoms with E-state index in [-0.39, 0.29) is 18.4 Å². The van der Waals surface area contributed by atoms with Crippen LogP contribution in [0.4, 0.5) is 18.9 Å². The van der Waals surface area contributed by atoms with Gasteiger partial charge in [0.2, 0.25) is 5.91 Å². The number of aliphatic hydroxyl groups excluding tert-OH is 1. The Hall–Kier alpha value is -3.23. The molecule has 0 spiro atoms. The molecule has 1 saturated heterocycles. The van der Waals surface area contributed by atoms with Crippen LogP contribution in [-0.4, -0.2) is 40.6 Å². The quantitative estimate of drug-likeness (QED) is 0.497. The molecule has 0 saturated carbocycles. The van der Waals surface area contributed by atoms with Crippen molar-refractivity contribution >= 4 is 11.6 Å². The average Bonchev–Trinajstić information content (AvgIpc) is 2.81. The SMILES string of the molecule is CCO.O=C(Nc1cccnc1)C1CN(Cc2ccc(CCc3cccc(C(F)(F)F)c3)cc2)C1. The molecule has 2 heterocycles. The maximum Gasteiger partial charge on any atom is 0.416 e. The number of hydrogen-bond acceptors (Lipinski definition) is 4. The van der Waals surface area contributed by atoms with Gasteiger partial charge >= 0.3 is 6.18 Å². The number of carbonyl (C=O) groups excluding carboxylic acids is 1. The Morgan fingerprint density at radius 1 is 1.03 bits per heavy atom. The van der Waals surface area contributed by atoms with Crippen LogP contribution in [0, 0.1) is 5.92 Å². The second kappa shape index (κ2) is 12.5. The number of benzene rings is 2. The molecular weight excluding hydrogens is 455 g/mol. The largest absolute Gasteiger partial charge is 0.416 e. The predicted molar refractivity (Wildman–Crippen MR) is 130 cm³/mol. The maximum absolute atomic E-state index is 12.9. The lowest BCUT2D eigenvalue weighted by atomic mass is 9.97. The number of halogens is 3. The smallest absolute Gasteiger partial charge is 0.397 e. The van der Waals surface area contributed by atoms with E-state index in [0.29, 0.717) is 37.2 Å². The number of nitrogens with one attached hydrogen (secondary N) is 1. The van der Waals surface area contributed by atoms with Gasteiger partial charge in [-0.25, -0.2) is 0 Å². The first-order valence-corrected chi connectivity index (χ1v) is 11.6. The zero-order valence-electron chi connectivity index (χ0n) is 19.6. The first kappa shape index (κ1) is 26.4. The molecule has 2 aromatic carbocycles. The third kappa shape index (κ3) is 8.19. The molecule has 0 unspecified atom stereocenters. The zero-order chi connectivity index (χ0) is 25.3. The van der Waals surface area contributed by atoms with Gasteiger partial charge < -0.3 is 10.4 Å². The van der Waals surface area contributed by atoms with E-state index >= 15 is 0 Å². The van der Waals surface area contributed by atoms with Gasteiger partial charge in [-0.3, -0.25) is 14.7 Å². The molecular formula is C27H30F3N3O2. The van der Waals surface area contributed by atoms with Crippen LogP contribution in [0.15, 0.2) is 73.1 Å². The number of aryl methyl sites for hydroxylation is 2. The van der Waals surface area contributed by atoms with Crippen LogP contribution in [0.5, 0.6) is 0 Å². The maximum atomic E-state index is 12.9. The topological polar surface area (TPSA) is 65.5 Å². The fraction of sp³-hybridized carbons (Fsp3) is 0.333. The molecule has 2 N–H and O–H groups in total. The lowest BCUT2D eigenvalue weighted by Gasteiger charge is -2.38. The van der Waals surface area contributed by atoms with Crippen molar-refractivity contribution in [2.75, 3.05) is 25.0 Å². The lowest BCUT2D eigenvalue weighted by Crippen LogP contribution is -2.51. The van der Waals surface area contributed by atoms with E-state index in [2.05, 4.69) is 15.2 Å². The van der Waals surface area contributed by atoms with Crippen molar-refractivity contribution in [3.63, 3.8) is 0 Å². The summed E-state index contributed by atoms with van der Waals surface area (Å²) in [6, 6.07) is 17.2. The van der Waals surface area contributed by atoms with Crippen LogP contribution in [0.2, 0.25) is 0 Å². The molecule has 1 aliphatic heterocycles. The van der Waals surface area contributed by atoms with E-state index < -0.39 is 11.7 Å². The van der Waals surface area contributed by atoms with Crippen LogP contribution in [-0.2, 0) is 30.4 Å². The third-order valence-electron chi connectivity index (χ3n) is 5.64. The highest BCUT2D eigenvalue weighted by Gasteiger charge is 2.32. The Morgan fingerprint density at radius 3 is 2.31 bits per heavy atom. The standard InChI is InChI=1S/C25H24F3N3O.C2H6O/c26-25(27,28)22-4-1-3-19(13-22)9-6-18-7-10-20(11-8-18)15-31-16-21(17-31)24(32)30-23-5-2-12-29-14-23;1-2-3/h1-5,7-8,10-14,21H,6,9,15-17H2,(H,30,32);3H,2H2,1H3. The van der Waals surface area contributed by atoms with E-state index in [1.54, 1.807) is 31.5 Å². The minimum absolute atomic E-state index is 0.0131. The van der Waals surface area contributed by atoms with Gasteiger partial charge in [-0.15, -0.1) is 0 Å². The molecule has 5 nitrogen and oxygen atoms in total. The Kier molecular flexibility index (Phi) is 9.39. The van der Waals surface area contributed by atoms with Crippen LogP contribution in [0.25, 0.3) is 0 Å². The fourth-order valence-electron chi connectivity index (χ4n) is 3.81. The van der Waals surface area contributed by atoms with Crippen molar-refractivity contribution in [1.82, 2.24) is 9.88 Å². The number of aromatic nitrogens is 1. The molecule has 1 aliphatic rings. The molecule has 1 aromatic heterocycles. The van der Waals surface area contributed by atoms with Crippen molar-refractivity contribution in [3.8, 4) is 0 Å². The molecule has 1 fully saturated rings. The summed E-state index contributed by atoms with van der Waals surface area (Å²) in [4.78, 5) is 18.5. The van der Waals surface area contributed by atoms with Crippen LogP contribution < -0.4 is 5.32 Å². The molecule has 1 amide bonds. The van der Waals surface area contributed by atoms with Gasteiger partial charge in [0.15, 0.2) is 0 Å². The van der Waals surface area contributed by atoms with Gasteiger partial charge in [0.25, 0.3) is 0 Å². The van der Waals surface area contributed by atoms with Gasteiger partial charge in [-0.1, -0.05) is 42.5 Å². The molecule has 0 bridgehead atoms. The van der Waals surface area contributed by atoms with Gasteiger partial charge in [0.05, 0.1) is 23.4 Å². The Morgan fingerprint density at radius 2 is 1.69 bits per heavy atom. The van der Waals surface area contributed by atoms with E-state index in [1.165, 1.54) is 12.1 Å². The number of pyridine rings is 1. The van der Waals surface area contributed by atoms with Crippen molar-refractivity contribution in [2.45, 2.75) is 32.5 Å². The summed E-state index contributed by atoms with van der Waals surface area (Å²) in [6.45, 7) is 4.12. The number of nitrogens with zero attached hydrogens (tertiary/aromatic N) is 2. The number of amides is 1. The predicted octanol–water partition coefficient (Wildman–Crippen LogP) is 4.95. The van der Waals surface area contributed by atoms with E-state index in [0.717, 1.165) is 23.7 Å². The minimum Gasteiger partial charge on any atom is -0.397 e. The van der Waals surface area contributed by atoms with Gasteiger partial charge in [0.1, 0.15) is 0 Å². The molecule has 8 heteroatoms. The highest BCUT2D eigenvalue weighted by molar-refractivity contribution is 5.93. The summed E-state index contributed by atoms with van der Waals surface area (Å²) in [6.07, 6.45) is 0.220. The van der Waals surface area contributed by atoms with Crippen molar-refractivity contribution < 1.29 is 23.1 Å². The summed E-state index contributed by atoms with van der Waals surface area (Å²) >= 11 is 0. The second-order valence-electron chi connectivity index (χ2n) is 8.45. The molecule has 0 atom stereocenters. The van der Waals surface area contributed by atoms with E-state index in [4.69, 9.17) is 5.11 Å². The monoisotopic (exact) mass is 485 g/mol. The summed E-state index contributed by atoms with van der Waals surface area (Å²) < 4.78 is 38.6. The highest BCUT2D eigenvalue weighted by atomic mass is 19.4. The Balaban J connectivity index is 0.00000108. The van der Waals surface area contributed by atoms with Gasteiger partial charge in [0, 0.05) is 32.4 Å². The molecule has 0 radical (unpaired) electrons. The second-order valence-corrected chi connectivity index (χ2v) is 8.45. The lowest BCUT2D eigenvalue weighted by molar-refractivity contribution is -0.137. The summed E-state index contributed by atoms with van der Waals surface area (Å²) in [5, 5.41) is 10.5. The van der Waals surface area contributed by atoms with Crippen molar-refractivity contribution in [3.05, 3.63) is 95.3 Å². The fourth-order valence-corrected chi connectivity index (χ4v) is 3.81. The van der Waals surface area contributed by atoms with Crippen LogP contribution in [0.3, 0.4) is 0 Å². The van der Waals surface area contributed by atoms with E-state index in [1.807, 2.05) is 30.3 Å².